The molecule has 0 aliphatic rings. The van der Waals surface area contributed by atoms with Crippen LogP contribution in [0.3, 0.4) is 0 Å². The van der Waals surface area contributed by atoms with E-state index in [0.29, 0.717) is 18.6 Å². The first-order valence-corrected chi connectivity index (χ1v) is 3.49. The minimum atomic E-state index is 0.456. The van der Waals surface area contributed by atoms with Crippen molar-refractivity contribution in [3.05, 3.63) is 30.7 Å². The Labute approximate surface area is 70.4 Å². The normalized spacial score (nSPS) is 9.00. The van der Waals surface area contributed by atoms with E-state index in [-0.39, 0.29) is 0 Å². The van der Waals surface area contributed by atoms with Gasteiger partial charge in [0.25, 0.3) is 0 Å². The fourth-order valence-electron chi connectivity index (χ4n) is 0.743. The molecular formula is C8H9N3O. The van der Waals surface area contributed by atoms with Crippen molar-refractivity contribution in [2.75, 3.05) is 5.32 Å². The standard InChI is InChI=1S/C8H9N3O/c1-2-3-7-4-10-8(5-9-7)11-6-12/h2,4-6H,1,3H2,(H,10,11,12). The number of anilines is 1. The fraction of sp³-hybridized carbons (Fsp3) is 0.125. The lowest BCUT2D eigenvalue weighted by molar-refractivity contribution is -0.105. The monoisotopic (exact) mass is 163 g/mol. The summed E-state index contributed by atoms with van der Waals surface area (Å²) in [6.07, 6.45) is 6.11. The van der Waals surface area contributed by atoms with Gasteiger partial charge in [0.05, 0.1) is 18.1 Å². The van der Waals surface area contributed by atoms with E-state index in [0.717, 1.165) is 5.69 Å². The summed E-state index contributed by atoms with van der Waals surface area (Å²) in [5.41, 5.74) is 0.835. The van der Waals surface area contributed by atoms with E-state index in [2.05, 4.69) is 21.9 Å². The predicted molar refractivity (Wildman–Crippen MR) is 45.6 cm³/mol. The molecule has 0 atom stereocenters. The molecule has 0 saturated carbocycles. The summed E-state index contributed by atoms with van der Waals surface area (Å²) in [4.78, 5) is 18.0. The van der Waals surface area contributed by atoms with Crippen molar-refractivity contribution in [3.63, 3.8) is 0 Å². The SMILES string of the molecule is C=CCc1cnc(NC=O)cn1. The first kappa shape index (κ1) is 8.39. The van der Waals surface area contributed by atoms with Gasteiger partial charge in [0.15, 0.2) is 5.82 Å². The van der Waals surface area contributed by atoms with Gasteiger partial charge in [0.2, 0.25) is 6.41 Å². The third kappa shape index (κ3) is 2.16. The molecule has 1 heterocycles. The lowest BCUT2D eigenvalue weighted by Crippen LogP contribution is -1.98. The molecule has 1 N–H and O–H groups in total. The van der Waals surface area contributed by atoms with Gasteiger partial charge in [-0.25, -0.2) is 4.98 Å². The van der Waals surface area contributed by atoms with Crippen molar-refractivity contribution in [3.8, 4) is 0 Å². The quantitative estimate of drug-likeness (QED) is 0.527. The van der Waals surface area contributed by atoms with Crippen LogP contribution >= 0.6 is 0 Å². The number of hydrogen-bond acceptors (Lipinski definition) is 3. The summed E-state index contributed by atoms with van der Waals surface area (Å²) >= 11 is 0. The van der Waals surface area contributed by atoms with Gasteiger partial charge < -0.3 is 5.32 Å². The highest BCUT2D eigenvalue weighted by molar-refractivity contribution is 5.67. The van der Waals surface area contributed by atoms with Crippen LogP contribution in [0.2, 0.25) is 0 Å². The van der Waals surface area contributed by atoms with Crippen LogP contribution in [0, 0.1) is 0 Å². The maximum atomic E-state index is 9.99. The Kier molecular flexibility index (Phi) is 2.95. The third-order valence-corrected chi connectivity index (χ3v) is 1.27. The zero-order valence-electron chi connectivity index (χ0n) is 6.53. The average Bonchev–Trinajstić information content (AvgIpc) is 2.09. The highest BCUT2D eigenvalue weighted by Gasteiger charge is 1.93. The second-order valence-corrected chi connectivity index (χ2v) is 2.15. The van der Waals surface area contributed by atoms with Crippen LogP contribution in [-0.4, -0.2) is 16.4 Å². The molecule has 4 heteroatoms. The molecule has 0 aromatic carbocycles. The smallest absolute Gasteiger partial charge is 0.212 e. The number of aromatic nitrogens is 2. The van der Waals surface area contributed by atoms with Crippen LogP contribution < -0.4 is 5.32 Å². The number of nitrogens with one attached hydrogen (secondary N) is 1. The Morgan fingerprint density at radius 3 is 2.83 bits per heavy atom. The molecule has 1 aromatic rings. The fourth-order valence-corrected chi connectivity index (χ4v) is 0.743. The summed E-state index contributed by atoms with van der Waals surface area (Å²) in [6.45, 7) is 3.58. The van der Waals surface area contributed by atoms with Gasteiger partial charge in [0, 0.05) is 6.42 Å². The van der Waals surface area contributed by atoms with E-state index in [1.165, 1.54) is 6.20 Å². The number of rotatable bonds is 4. The van der Waals surface area contributed by atoms with E-state index in [1.54, 1.807) is 12.3 Å². The summed E-state index contributed by atoms with van der Waals surface area (Å²) in [5.74, 6) is 0.456. The topological polar surface area (TPSA) is 54.9 Å². The van der Waals surface area contributed by atoms with Crippen molar-refractivity contribution in [1.29, 1.82) is 0 Å². The van der Waals surface area contributed by atoms with Crippen molar-refractivity contribution >= 4 is 12.2 Å². The number of nitrogens with zero attached hydrogens (tertiary/aromatic N) is 2. The minimum Gasteiger partial charge on any atom is -0.312 e. The number of carbonyl (C=O) groups is 1. The molecule has 4 nitrogen and oxygen atoms in total. The molecule has 0 unspecified atom stereocenters. The molecule has 0 radical (unpaired) electrons. The lowest BCUT2D eigenvalue weighted by Gasteiger charge is -1.97. The summed E-state index contributed by atoms with van der Waals surface area (Å²) in [5, 5.41) is 2.40. The van der Waals surface area contributed by atoms with Crippen LogP contribution in [0.5, 0.6) is 0 Å². The van der Waals surface area contributed by atoms with Crippen LogP contribution in [0.25, 0.3) is 0 Å². The second-order valence-electron chi connectivity index (χ2n) is 2.15. The molecule has 12 heavy (non-hydrogen) atoms. The molecular weight excluding hydrogens is 154 g/mol. The molecule has 1 aromatic heterocycles. The Bertz CT molecular complexity index is 239. The van der Waals surface area contributed by atoms with E-state index >= 15 is 0 Å². The van der Waals surface area contributed by atoms with Crippen molar-refractivity contribution in [1.82, 2.24) is 9.97 Å². The van der Waals surface area contributed by atoms with Gasteiger partial charge in [-0.3, -0.25) is 9.78 Å². The highest BCUT2D eigenvalue weighted by atomic mass is 16.1. The zero-order valence-corrected chi connectivity index (χ0v) is 6.53. The predicted octanol–water partition coefficient (Wildman–Crippen LogP) is 0.773. The first-order chi connectivity index (χ1) is 5.86. The number of carbonyl (C=O) groups excluding carboxylic acids is 1. The van der Waals surface area contributed by atoms with Gasteiger partial charge in [-0.05, 0) is 0 Å². The molecule has 62 valence electrons. The van der Waals surface area contributed by atoms with Gasteiger partial charge >= 0.3 is 0 Å². The number of allylic oxidation sites excluding steroid dienone is 1. The van der Waals surface area contributed by atoms with Crippen LogP contribution in [-0.2, 0) is 11.2 Å². The molecule has 1 rings (SSSR count). The van der Waals surface area contributed by atoms with E-state index in [9.17, 15) is 4.79 Å². The Hall–Kier alpha value is -1.71. The largest absolute Gasteiger partial charge is 0.312 e. The molecule has 0 spiro atoms. The molecule has 0 saturated heterocycles. The molecule has 0 aliphatic heterocycles. The summed E-state index contributed by atoms with van der Waals surface area (Å²) in [7, 11) is 0. The van der Waals surface area contributed by atoms with Gasteiger partial charge in [-0.1, -0.05) is 6.08 Å². The van der Waals surface area contributed by atoms with Gasteiger partial charge in [-0.2, -0.15) is 0 Å². The maximum Gasteiger partial charge on any atom is 0.212 e. The molecule has 1 amide bonds. The Morgan fingerprint density at radius 1 is 1.50 bits per heavy atom. The van der Waals surface area contributed by atoms with Gasteiger partial charge in [-0.15, -0.1) is 6.58 Å². The molecule has 0 bridgehead atoms. The molecule has 0 fully saturated rings. The van der Waals surface area contributed by atoms with Crippen molar-refractivity contribution in [2.24, 2.45) is 0 Å². The van der Waals surface area contributed by atoms with E-state index in [4.69, 9.17) is 0 Å². The average molecular weight is 163 g/mol. The highest BCUT2D eigenvalue weighted by Crippen LogP contribution is 2.00. The van der Waals surface area contributed by atoms with Crippen molar-refractivity contribution in [2.45, 2.75) is 6.42 Å². The second kappa shape index (κ2) is 4.23. The van der Waals surface area contributed by atoms with Crippen LogP contribution in [0.1, 0.15) is 5.69 Å². The molecule has 0 aliphatic carbocycles. The zero-order chi connectivity index (χ0) is 8.81. The number of hydrogen-bond donors (Lipinski definition) is 1. The number of amides is 1. The minimum absolute atomic E-state index is 0.456. The Morgan fingerprint density at radius 2 is 2.33 bits per heavy atom. The van der Waals surface area contributed by atoms with Crippen molar-refractivity contribution < 1.29 is 4.79 Å². The summed E-state index contributed by atoms with van der Waals surface area (Å²) in [6, 6.07) is 0. The first-order valence-electron chi connectivity index (χ1n) is 3.49. The van der Waals surface area contributed by atoms with E-state index in [1.807, 2.05) is 0 Å². The maximum absolute atomic E-state index is 9.99. The Balaban J connectivity index is 2.70. The van der Waals surface area contributed by atoms with Crippen LogP contribution in [0.15, 0.2) is 25.0 Å². The van der Waals surface area contributed by atoms with Crippen LogP contribution in [0.4, 0.5) is 5.82 Å². The lowest BCUT2D eigenvalue weighted by atomic mass is 10.3. The summed E-state index contributed by atoms with van der Waals surface area (Å²) < 4.78 is 0. The van der Waals surface area contributed by atoms with Gasteiger partial charge in [0.1, 0.15) is 0 Å². The van der Waals surface area contributed by atoms with E-state index < -0.39 is 0 Å². The third-order valence-electron chi connectivity index (χ3n) is 1.27.